The van der Waals surface area contributed by atoms with Crippen molar-refractivity contribution >= 4 is 16.0 Å². The van der Waals surface area contributed by atoms with Crippen molar-refractivity contribution in [2.75, 3.05) is 27.2 Å². The summed E-state index contributed by atoms with van der Waals surface area (Å²) in [6.45, 7) is 2.21. The van der Waals surface area contributed by atoms with Gasteiger partial charge in [-0.25, -0.2) is 13.2 Å². The van der Waals surface area contributed by atoms with E-state index in [0.29, 0.717) is 13.1 Å². The highest BCUT2D eigenvalue weighted by Gasteiger charge is 2.38. The van der Waals surface area contributed by atoms with Gasteiger partial charge in [0.05, 0.1) is 0 Å². The lowest BCUT2D eigenvalue weighted by atomic mass is 10.2. The van der Waals surface area contributed by atoms with Crippen LogP contribution in [0.3, 0.4) is 0 Å². The van der Waals surface area contributed by atoms with Crippen LogP contribution in [0.5, 0.6) is 0 Å². The predicted molar refractivity (Wildman–Crippen MR) is 71.1 cm³/mol. The van der Waals surface area contributed by atoms with Crippen LogP contribution >= 0.6 is 0 Å². The molecule has 20 heavy (non-hydrogen) atoms. The van der Waals surface area contributed by atoms with E-state index in [2.05, 4.69) is 10.2 Å². The standard InChI is InChI=1S/C11H18N4O4S/c1-7-9(11(16)17)10(13-12-7)20(18,19)15-5-4-8(6-15)14(2)3/h8H,4-6H2,1-3H3,(H,12,13)(H,16,17). The van der Waals surface area contributed by atoms with E-state index in [4.69, 9.17) is 5.11 Å². The van der Waals surface area contributed by atoms with E-state index in [1.165, 1.54) is 11.2 Å². The molecule has 0 bridgehead atoms. The largest absolute Gasteiger partial charge is 0.478 e. The molecule has 0 radical (unpaired) electrons. The van der Waals surface area contributed by atoms with Crippen molar-refractivity contribution in [3.8, 4) is 0 Å². The molecule has 8 nitrogen and oxygen atoms in total. The molecule has 9 heteroatoms. The predicted octanol–water partition coefficient (Wildman–Crippen LogP) is -0.259. The minimum atomic E-state index is -3.88. The molecule has 1 unspecified atom stereocenters. The van der Waals surface area contributed by atoms with Crippen LogP contribution in [0.15, 0.2) is 5.03 Å². The first-order valence-corrected chi connectivity index (χ1v) is 7.64. The summed E-state index contributed by atoms with van der Waals surface area (Å²) in [7, 11) is -0.0944. The van der Waals surface area contributed by atoms with Crippen LogP contribution in [-0.4, -0.2) is 72.1 Å². The number of hydrogen-bond donors (Lipinski definition) is 2. The number of carboxylic acids is 1. The molecule has 0 aliphatic carbocycles. The van der Waals surface area contributed by atoms with Gasteiger partial charge < -0.3 is 10.0 Å². The van der Waals surface area contributed by atoms with Crippen LogP contribution in [0, 0.1) is 6.92 Å². The third-order valence-electron chi connectivity index (χ3n) is 3.57. The number of aromatic carboxylic acids is 1. The molecule has 1 aliphatic rings. The number of H-pyrrole nitrogens is 1. The van der Waals surface area contributed by atoms with Gasteiger partial charge in [0.1, 0.15) is 5.56 Å². The third kappa shape index (κ3) is 2.43. The maximum Gasteiger partial charge on any atom is 0.340 e. The molecule has 1 atom stereocenters. The number of hydrogen-bond acceptors (Lipinski definition) is 5. The Morgan fingerprint density at radius 1 is 1.50 bits per heavy atom. The number of aromatic nitrogens is 2. The molecule has 1 aromatic heterocycles. The molecule has 0 saturated carbocycles. The topological polar surface area (TPSA) is 107 Å². The first kappa shape index (κ1) is 14.9. The van der Waals surface area contributed by atoms with Crippen LogP contribution < -0.4 is 0 Å². The van der Waals surface area contributed by atoms with Gasteiger partial charge >= 0.3 is 5.97 Å². The molecule has 1 aliphatic heterocycles. The first-order valence-electron chi connectivity index (χ1n) is 6.20. The molecule has 0 amide bonds. The van der Waals surface area contributed by atoms with Crippen LogP contribution in [0.4, 0.5) is 0 Å². The quantitative estimate of drug-likeness (QED) is 0.793. The maximum absolute atomic E-state index is 12.5. The normalized spacial score (nSPS) is 20.7. The molecule has 1 fully saturated rings. The smallest absolute Gasteiger partial charge is 0.340 e. The van der Waals surface area contributed by atoms with Crippen LogP contribution in [0.25, 0.3) is 0 Å². The van der Waals surface area contributed by atoms with Gasteiger partial charge in [-0.05, 0) is 27.4 Å². The molecule has 2 N–H and O–H groups in total. The zero-order valence-corrected chi connectivity index (χ0v) is 12.4. The van der Waals surface area contributed by atoms with Gasteiger partial charge in [0.25, 0.3) is 10.0 Å². The lowest BCUT2D eigenvalue weighted by Gasteiger charge is -2.19. The highest BCUT2D eigenvalue weighted by Crippen LogP contribution is 2.25. The Kier molecular flexibility index (Phi) is 3.85. The fourth-order valence-corrected chi connectivity index (χ4v) is 3.94. The Balaban J connectivity index is 2.35. The minimum absolute atomic E-state index is 0.137. The van der Waals surface area contributed by atoms with Crippen molar-refractivity contribution in [3.63, 3.8) is 0 Å². The SMILES string of the molecule is Cc1[nH]nc(S(=O)(=O)N2CCC(N(C)C)C2)c1C(=O)O. The second-order valence-electron chi connectivity index (χ2n) is 5.10. The molecular formula is C11H18N4O4S. The van der Waals surface area contributed by atoms with Crippen molar-refractivity contribution in [1.29, 1.82) is 0 Å². The molecule has 0 aromatic carbocycles. The fourth-order valence-electron chi connectivity index (χ4n) is 2.32. The van der Waals surface area contributed by atoms with Gasteiger partial charge in [-0.15, -0.1) is 0 Å². The summed E-state index contributed by atoms with van der Waals surface area (Å²) < 4.78 is 26.3. The third-order valence-corrected chi connectivity index (χ3v) is 5.36. The average Bonchev–Trinajstić information content (AvgIpc) is 2.94. The highest BCUT2D eigenvalue weighted by atomic mass is 32.2. The van der Waals surface area contributed by atoms with Crippen molar-refractivity contribution < 1.29 is 18.3 Å². The highest BCUT2D eigenvalue weighted by molar-refractivity contribution is 7.89. The molecule has 112 valence electrons. The number of rotatable bonds is 4. The summed E-state index contributed by atoms with van der Waals surface area (Å²) in [5, 5.41) is 14.8. The van der Waals surface area contributed by atoms with Crippen molar-refractivity contribution in [1.82, 2.24) is 19.4 Å². The monoisotopic (exact) mass is 302 g/mol. The lowest BCUT2D eigenvalue weighted by Crippen LogP contribution is -2.35. The summed E-state index contributed by atoms with van der Waals surface area (Å²) >= 11 is 0. The van der Waals surface area contributed by atoms with Crippen LogP contribution in [0.1, 0.15) is 22.5 Å². The molecule has 2 rings (SSSR count). The second kappa shape index (κ2) is 5.15. The molecule has 2 heterocycles. The van der Waals surface area contributed by atoms with Gasteiger partial charge in [0.15, 0.2) is 0 Å². The summed E-state index contributed by atoms with van der Waals surface area (Å²) in [4.78, 5) is 13.1. The summed E-state index contributed by atoms with van der Waals surface area (Å²) in [6.07, 6.45) is 0.720. The summed E-state index contributed by atoms with van der Waals surface area (Å²) in [5.41, 5.74) is -0.0438. The average molecular weight is 302 g/mol. The van der Waals surface area contributed by atoms with Crippen molar-refractivity contribution in [2.45, 2.75) is 24.4 Å². The Bertz CT molecular complexity index is 622. The number of carbonyl (C=O) groups is 1. The zero-order chi connectivity index (χ0) is 15.1. The number of nitrogens with zero attached hydrogens (tertiary/aromatic N) is 3. The van der Waals surface area contributed by atoms with E-state index in [9.17, 15) is 13.2 Å². The molecular weight excluding hydrogens is 284 g/mol. The second-order valence-corrected chi connectivity index (χ2v) is 6.96. The number of carboxylic acid groups (broad SMARTS) is 1. The van der Waals surface area contributed by atoms with Gasteiger partial charge in [-0.2, -0.15) is 9.40 Å². The lowest BCUT2D eigenvalue weighted by molar-refractivity contribution is 0.0691. The van der Waals surface area contributed by atoms with Gasteiger partial charge in [0, 0.05) is 24.8 Å². The van der Waals surface area contributed by atoms with E-state index < -0.39 is 21.0 Å². The number of nitrogens with one attached hydrogen (secondary N) is 1. The number of sulfonamides is 1. The Hall–Kier alpha value is -1.45. The van der Waals surface area contributed by atoms with E-state index in [-0.39, 0.29) is 17.3 Å². The van der Waals surface area contributed by atoms with Crippen LogP contribution in [-0.2, 0) is 10.0 Å². The molecule has 1 saturated heterocycles. The Labute approximate surface area is 117 Å². The first-order chi connectivity index (χ1) is 9.25. The Morgan fingerprint density at radius 3 is 2.65 bits per heavy atom. The number of aryl methyl sites for hydroxylation is 1. The van der Waals surface area contributed by atoms with Gasteiger partial charge in [-0.1, -0.05) is 0 Å². The van der Waals surface area contributed by atoms with Crippen LogP contribution in [0.2, 0.25) is 0 Å². The summed E-state index contributed by atoms with van der Waals surface area (Å²) in [6, 6.07) is 0.137. The van der Waals surface area contributed by atoms with Gasteiger partial charge in [-0.3, -0.25) is 5.10 Å². The van der Waals surface area contributed by atoms with Crippen molar-refractivity contribution in [2.24, 2.45) is 0 Å². The summed E-state index contributed by atoms with van der Waals surface area (Å²) in [5.74, 6) is -1.29. The number of aromatic amines is 1. The van der Waals surface area contributed by atoms with E-state index in [0.717, 1.165) is 6.42 Å². The van der Waals surface area contributed by atoms with Crippen molar-refractivity contribution in [3.05, 3.63) is 11.3 Å². The maximum atomic E-state index is 12.5. The molecule has 1 aromatic rings. The zero-order valence-electron chi connectivity index (χ0n) is 11.6. The fraction of sp³-hybridized carbons (Fsp3) is 0.636. The van der Waals surface area contributed by atoms with Gasteiger partial charge in [0.2, 0.25) is 5.03 Å². The Morgan fingerprint density at radius 2 is 2.15 bits per heavy atom. The van der Waals surface area contributed by atoms with E-state index in [1.807, 2.05) is 19.0 Å². The minimum Gasteiger partial charge on any atom is -0.478 e. The van der Waals surface area contributed by atoms with E-state index >= 15 is 0 Å². The number of likely N-dealkylation sites (N-methyl/N-ethyl adjacent to an activating group) is 1. The molecule has 0 spiro atoms. The van der Waals surface area contributed by atoms with E-state index in [1.54, 1.807) is 0 Å².